The van der Waals surface area contributed by atoms with Crippen molar-refractivity contribution < 1.29 is 18.5 Å². The second kappa shape index (κ2) is 15.1. The highest BCUT2D eigenvalue weighted by molar-refractivity contribution is 7.46. The van der Waals surface area contributed by atoms with Gasteiger partial charge < -0.3 is 19.3 Å². The summed E-state index contributed by atoms with van der Waals surface area (Å²) in [5.74, 6) is 0.301. The van der Waals surface area contributed by atoms with E-state index >= 15 is 0 Å². The van der Waals surface area contributed by atoms with Gasteiger partial charge in [0.15, 0.2) is 0 Å². The Labute approximate surface area is 165 Å². The third kappa shape index (κ3) is 13.0. The van der Waals surface area contributed by atoms with Crippen LogP contribution in [0.2, 0.25) is 0 Å². The van der Waals surface area contributed by atoms with E-state index < -0.39 is 7.82 Å². The number of rotatable bonds is 17. The van der Waals surface area contributed by atoms with E-state index in [9.17, 15) is 9.46 Å². The van der Waals surface area contributed by atoms with E-state index in [-0.39, 0.29) is 6.61 Å². The minimum atomic E-state index is -4.31. The van der Waals surface area contributed by atoms with Crippen LogP contribution in [-0.2, 0) is 15.5 Å². The summed E-state index contributed by atoms with van der Waals surface area (Å²) in [6, 6.07) is 7.26. The Kier molecular flexibility index (Phi) is 13.5. The third-order valence-corrected chi connectivity index (χ3v) is 5.38. The first-order valence-electron chi connectivity index (χ1n) is 10.5. The van der Waals surface area contributed by atoms with Gasteiger partial charge in [-0.2, -0.15) is 0 Å². The number of benzene rings is 1. The van der Waals surface area contributed by atoms with Crippen LogP contribution in [-0.4, -0.2) is 19.7 Å². The van der Waals surface area contributed by atoms with Gasteiger partial charge in [-0.1, -0.05) is 70.9 Å². The summed E-state index contributed by atoms with van der Waals surface area (Å²) in [6.45, 7) is 5.78. The van der Waals surface area contributed by atoms with Crippen molar-refractivity contribution in [2.24, 2.45) is 0 Å². The topological polar surface area (TPSA) is 70.6 Å². The van der Waals surface area contributed by atoms with Gasteiger partial charge in [-0.15, -0.1) is 0 Å². The SMILES string of the molecule is CCCCCCCCCc1ccc(OP(=O)([O-])OCCNCCCC)cc1. The molecule has 0 amide bonds. The van der Waals surface area contributed by atoms with Crippen LogP contribution in [0.25, 0.3) is 0 Å². The molecule has 6 heteroatoms. The molecule has 1 aromatic rings. The number of aryl methyl sites for hydroxylation is 1. The van der Waals surface area contributed by atoms with Crippen molar-refractivity contribution in [3.8, 4) is 5.75 Å². The second-order valence-corrected chi connectivity index (χ2v) is 8.33. The normalized spacial score (nSPS) is 13.4. The quantitative estimate of drug-likeness (QED) is 0.287. The maximum absolute atomic E-state index is 11.8. The van der Waals surface area contributed by atoms with Gasteiger partial charge in [0, 0.05) is 6.54 Å². The van der Waals surface area contributed by atoms with Gasteiger partial charge in [-0.05, 0) is 43.5 Å². The molecule has 0 bridgehead atoms. The summed E-state index contributed by atoms with van der Waals surface area (Å²) < 4.78 is 21.7. The van der Waals surface area contributed by atoms with Gasteiger partial charge >= 0.3 is 7.82 Å². The molecular weight excluding hydrogens is 361 g/mol. The van der Waals surface area contributed by atoms with Crippen molar-refractivity contribution in [3.05, 3.63) is 29.8 Å². The standard InChI is InChI=1S/C21H38NO4P/c1-3-5-7-8-9-10-11-12-20-13-15-21(16-14-20)26-27(23,24)25-19-18-22-17-6-4-2/h13-16,22H,3-12,17-19H2,1-2H3,(H,23,24)/p-1. The largest absolute Gasteiger partial charge is 0.746 e. The molecule has 0 radical (unpaired) electrons. The molecule has 1 unspecified atom stereocenters. The molecule has 1 rings (SSSR count). The highest BCUT2D eigenvalue weighted by Gasteiger charge is 2.11. The number of nitrogens with one attached hydrogen (secondary N) is 1. The van der Waals surface area contributed by atoms with E-state index in [1.165, 1.54) is 50.5 Å². The first-order valence-corrected chi connectivity index (χ1v) is 12.0. The molecule has 0 aromatic heterocycles. The van der Waals surface area contributed by atoms with Crippen LogP contribution in [0, 0.1) is 0 Å². The molecule has 1 atom stereocenters. The Bertz CT molecular complexity index is 521. The number of hydrogen-bond acceptors (Lipinski definition) is 5. The molecule has 5 nitrogen and oxygen atoms in total. The summed E-state index contributed by atoms with van der Waals surface area (Å²) in [5.41, 5.74) is 1.21. The Morgan fingerprint density at radius 1 is 0.889 bits per heavy atom. The lowest BCUT2D eigenvalue weighted by Crippen LogP contribution is -2.22. The van der Waals surface area contributed by atoms with Crippen LogP contribution in [0.15, 0.2) is 24.3 Å². The molecule has 0 spiro atoms. The summed E-state index contributed by atoms with van der Waals surface area (Å²) in [6.07, 6.45) is 12.2. The fourth-order valence-electron chi connectivity index (χ4n) is 2.82. The minimum absolute atomic E-state index is 0.0842. The highest BCUT2D eigenvalue weighted by Crippen LogP contribution is 2.39. The molecule has 0 aliphatic carbocycles. The van der Waals surface area contributed by atoms with Crippen molar-refractivity contribution in [2.45, 2.75) is 78.1 Å². The first kappa shape index (κ1) is 24.2. The highest BCUT2D eigenvalue weighted by atomic mass is 31.2. The Balaban J connectivity index is 2.21. The number of hydrogen-bond donors (Lipinski definition) is 1. The zero-order valence-corrected chi connectivity index (χ0v) is 18.0. The fourth-order valence-corrected chi connectivity index (χ4v) is 3.56. The molecule has 1 aromatic carbocycles. The number of phosphoric acid groups is 1. The van der Waals surface area contributed by atoms with Gasteiger partial charge in [0.05, 0.1) is 6.61 Å². The summed E-state index contributed by atoms with van der Waals surface area (Å²) >= 11 is 0. The molecule has 0 heterocycles. The van der Waals surface area contributed by atoms with E-state index in [0.717, 1.165) is 25.8 Å². The first-order chi connectivity index (χ1) is 13.1. The van der Waals surface area contributed by atoms with Crippen LogP contribution < -0.4 is 14.7 Å². The van der Waals surface area contributed by atoms with Gasteiger partial charge in [0.2, 0.25) is 0 Å². The third-order valence-electron chi connectivity index (χ3n) is 4.44. The van der Waals surface area contributed by atoms with E-state index in [0.29, 0.717) is 12.3 Å². The van der Waals surface area contributed by atoms with Gasteiger partial charge in [0.25, 0.3) is 0 Å². The van der Waals surface area contributed by atoms with Crippen molar-refractivity contribution in [2.75, 3.05) is 19.7 Å². The minimum Gasteiger partial charge on any atom is -0.746 e. The van der Waals surface area contributed by atoms with Crippen molar-refractivity contribution in [1.82, 2.24) is 5.32 Å². The maximum atomic E-state index is 11.8. The predicted octanol–water partition coefficient (Wildman–Crippen LogP) is 5.23. The Morgan fingerprint density at radius 3 is 2.19 bits per heavy atom. The molecule has 0 saturated carbocycles. The lowest BCUT2D eigenvalue weighted by molar-refractivity contribution is -0.216. The van der Waals surface area contributed by atoms with E-state index in [1.54, 1.807) is 12.1 Å². The van der Waals surface area contributed by atoms with E-state index in [1.807, 2.05) is 12.1 Å². The number of unbranched alkanes of at least 4 members (excludes halogenated alkanes) is 7. The average molecular weight is 399 g/mol. The summed E-state index contributed by atoms with van der Waals surface area (Å²) in [4.78, 5) is 11.8. The van der Waals surface area contributed by atoms with Gasteiger partial charge in [-0.3, -0.25) is 4.57 Å². The second-order valence-electron chi connectivity index (χ2n) is 6.99. The van der Waals surface area contributed by atoms with Crippen LogP contribution in [0.4, 0.5) is 0 Å². The lowest BCUT2D eigenvalue weighted by atomic mass is 10.0. The van der Waals surface area contributed by atoms with Crippen LogP contribution in [0.1, 0.15) is 77.2 Å². The smallest absolute Gasteiger partial charge is 0.319 e. The van der Waals surface area contributed by atoms with Crippen LogP contribution in [0.3, 0.4) is 0 Å². The average Bonchev–Trinajstić information content (AvgIpc) is 2.65. The van der Waals surface area contributed by atoms with Gasteiger partial charge in [0.1, 0.15) is 5.75 Å². The molecule has 1 N–H and O–H groups in total. The molecule has 0 saturated heterocycles. The maximum Gasteiger partial charge on any atom is 0.319 e. The fraction of sp³-hybridized carbons (Fsp3) is 0.714. The molecule has 0 aliphatic heterocycles. The van der Waals surface area contributed by atoms with E-state index in [4.69, 9.17) is 9.05 Å². The zero-order chi connectivity index (χ0) is 19.8. The van der Waals surface area contributed by atoms with Crippen molar-refractivity contribution >= 4 is 7.82 Å². The molecule has 27 heavy (non-hydrogen) atoms. The summed E-state index contributed by atoms with van der Waals surface area (Å²) in [5, 5.41) is 3.13. The van der Waals surface area contributed by atoms with Crippen molar-refractivity contribution in [1.29, 1.82) is 0 Å². The Hall–Kier alpha value is -0.870. The van der Waals surface area contributed by atoms with Gasteiger partial charge in [-0.25, -0.2) is 0 Å². The molecule has 0 aliphatic rings. The monoisotopic (exact) mass is 398 g/mol. The van der Waals surface area contributed by atoms with Crippen LogP contribution in [0.5, 0.6) is 5.75 Å². The molecule has 0 fully saturated rings. The molecule has 156 valence electrons. The van der Waals surface area contributed by atoms with Crippen molar-refractivity contribution in [3.63, 3.8) is 0 Å². The van der Waals surface area contributed by atoms with Crippen LogP contribution >= 0.6 is 7.82 Å². The zero-order valence-electron chi connectivity index (χ0n) is 17.1. The lowest BCUT2D eigenvalue weighted by Gasteiger charge is -2.23. The number of phosphoric ester groups is 1. The van der Waals surface area contributed by atoms with E-state index in [2.05, 4.69) is 19.2 Å². The summed E-state index contributed by atoms with van der Waals surface area (Å²) in [7, 11) is -4.31. The Morgan fingerprint density at radius 2 is 1.52 bits per heavy atom. The molecular formula is C21H37NO4P-. The predicted molar refractivity (Wildman–Crippen MR) is 110 cm³/mol.